The van der Waals surface area contributed by atoms with E-state index in [-0.39, 0.29) is 6.04 Å². The molecule has 4 heteroatoms. The average molecular weight is 320 g/mol. The molecule has 2 aromatic rings. The van der Waals surface area contributed by atoms with Crippen molar-refractivity contribution in [3.63, 3.8) is 0 Å². The Morgan fingerprint density at radius 3 is 2.63 bits per heavy atom. The summed E-state index contributed by atoms with van der Waals surface area (Å²) in [5, 5.41) is 3.47. The molecule has 0 saturated heterocycles. The second-order valence-electron chi connectivity index (χ2n) is 4.49. The fourth-order valence-electron chi connectivity index (χ4n) is 1.99. The first kappa shape index (κ1) is 14.2. The number of hydrogen-bond acceptors (Lipinski definition) is 3. The monoisotopic (exact) mass is 319 g/mol. The normalized spacial score (nSPS) is 12.4. The second-order valence-corrected chi connectivity index (χ2v) is 5.34. The molecule has 1 N–H and O–H groups in total. The summed E-state index contributed by atoms with van der Waals surface area (Å²) < 4.78 is 1.14. The number of hydrogen-bond donors (Lipinski definition) is 1. The maximum absolute atomic E-state index is 4.48. The van der Waals surface area contributed by atoms with Gasteiger partial charge in [-0.15, -0.1) is 0 Å². The molecule has 0 bridgehead atoms. The maximum atomic E-state index is 4.48. The molecule has 3 nitrogen and oxygen atoms in total. The number of benzene rings is 1. The minimum atomic E-state index is 0.191. The highest BCUT2D eigenvalue weighted by molar-refractivity contribution is 9.10. The van der Waals surface area contributed by atoms with Gasteiger partial charge in [-0.3, -0.25) is 9.97 Å². The van der Waals surface area contributed by atoms with E-state index in [4.69, 9.17) is 0 Å². The molecule has 1 heterocycles. The van der Waals surface area contributed by atoms with Gasteiger partial charge in [-0.25, -0.2) is 0 Å². The Bertz CT molecular complexity index is 525. The highest BCUT2D eigenvalue weighted by Crippen LogP contribution is 2.22. The van der Waals surface area contributed by atoms with Gasteiger partial charge in [-0.05, 0) is 31.5 Å². The lowest BCUT2D eigenvalue weighted by molar-refractivity contribution is 0.533. The fraction of sp³-hybridized carbons (Fsp3) is 0.333. The van der Waals surface area contributed by atoms with Gasteiger partial charge in [-0.2, -0.15) is 0 Å². The van der Waals surface area contributed by atoms with Crippen molar-refractivity contribution in [2.75, 3.05) is 6.54 Å². The van der Waals surface area contributed by atoms with Crippen LogP contribution in [0, 0.1) is 6.92 Å². The van der Waals surface area contributed by atoms with Crippen LogP contribution in [0.5, 0.6) is 0 Å². The molecular formula is C15H18BrN3. The topological polar surface area (TPSA) is 37.8 Å². The van der Waals surface area contributed by atoms with Crippen molar-refractivity contribution in [2.24, 2.45) is 0 Å². The zero-order valence-corrected chi connectivity index (χ0v) is 12.8. The first-order chi connectivity index (χ1) is 9.20. The van der Waals surface area contributed by atoms with Crippen LogP contribution in [0.1, 0.15) is 29.9 Å². The number of nitrogens with one attached hydrogen (secondary N) is 1. The summed E-state index contributed by atoms with van der Waals surface area (Å²) in [5.41, 5.74) is 3.21. The van der Waals surface area contributed by atoms with Crippen LogP contribution >= 0.6 is 15.9 Å². The predicted octanol–water partition coefficient (Wildman–Crippen LogP) is 3.44. The van der Waals surface area contributed by atoms with E-state index < -0.39 is 0 Å². The number of aryl methyl sites for hydroxylation is 1. The molecule has 0 aliphatic carbocycles. The van der Waals surface area contributed by atoms with Crippen molar-refractivity contribution in [2.45, 2.75) is 26.3 Å². The van der Waals surface area contributed by atoms with E-state index in [9.17, 15) is 0 Å². The van der Waals surface area contributed by atoms with Gasteiger partial charge in [-0.1, -0.05) is 41.1 Å². The minimum Gasteiger partial charge on any atom is -0.309 e. The Morgan fingerprint density at radius 1 is 1.21 bits per heavy atom. The van der Waals surface area contributed by atoms with Gasteiger partial charge in [0.25, 0.3) is 0 Å². The van der Waals surface area contributed by atoms with E-state index in [1.165, 1.54) is 5.56 Å². The van der Waals surface area contributed by atoms with Crippen molar-refractivity contribution in [1.29, 1.82) is 0 Å². The van der Waals surface area contributed by atoms with E-state index in [0.717, 1.165) is 28.8 Å². The summed E-state index contributed by atoms with van der Waals surface area (Å²) in [6.07, 6.45) is 4.58. The Morgan fingerprint density at radius 2 is 2.00 bits per heavy atom. The van der Waals surface area contributed by atoms with Gasteiger partial charge in [0, 0.05) is 10.7 Å². The van der Waals surface area contributed by atoms with Crippen LogP contribution in [0.3, 0.4) is 0 Å². The molecule has 0 aliphatic heterocycles. The predicted molar refractivity (Wildman–Crippen MR) is 81.0 cm³/mol. The molecule has 0 saturated carbocycles. The smallest absolute Gasteiger partial charge is 0.0759 e. The SMILES string of the molecule is CCNC(Cc1ccccc1Br)c1cnc(C)cn1. The molecule has 0 amide bonds. The standard InChI is InChI=1S/C15H18BrN3/c1-3-17-14(15-10-18-11(2)9-19-15)8-12-6-4-5-7-13(12)16/h4-7,9-10,14,17H,3,8H2,1-2H3. The van der Waals surface area contributed by atoms with Gasteiger partial charge in [0.15, 0.2) is 0 Å². The van der Waals surface area contributed by atoms with Crippen LogP contribution in [-0.2, 0) is 6.42 Å². The summed E-state index contributed by atoms with van der Waals surface area (Å²) in [6.45, 7) is 4.96. The molecule has 0 aliphatic rings. The molecule has 0 fully saturated rings. The van der Waals surface area contributed by atoms with E-state index in [1.807, 2.05) is 25.4 Å². The summed E-state index contributed by atoms with van der Waals surface area (Å²) >= 11 is 3.60. The van der Waals surface area contributed by atoms with E-state index >= 15 is 0 Å². The summed E-state index contributed by atoms with van der Waals surface area (Å²) in [4.78, 5) is 8.81. The van der Waals surface area contributed by atoms with Crippen LogP contribution < -0.4 is 5.32 Å². The number of nitrogens with zero attached hydrogens (tertiary/aromatic N) is 2. The third kappa shape index (κ3) is 3.85. The van der Waals surface area contributed by atoms with Crippen molar-refractivity contribution in [3.05, 3.63) is 58.1 Å². The Balaban J connectivity index is 2.21. The fourth-order valence-corrected chi connectivity index (χ4v) is 2.44. The number of rotatable bonds is 5. The largest absolute Gasteiger partial charge is 0.309 e. The van der Waals surface area contributed by atoms with Crippen molar-refractivity contribution >= 4 is 15.9 Å². The third-order valence-corrected chi connectivity index (χ3v) is 3.76. The second kappa shape index (κ2) is 6.78. The molecule has 19 heavy (non-hydrogen) atoms. The number of aromatic nitrogens is 2. The molecule has 100 valence electrons. The van der Waals surface area contributed by atoms with Crippen LogP contribution in [0.2, 0.25) is 0 Å². The lowest BCUT2D eigenvalue weighted by Crippen LogP contribution is -2.24. The zero-order chi connectivity index (χ0) is 13.7. The third-order valence-electron chi connectivity index (χ3n) is 2.99. The Labute approximate surface area is 122 Å². The van der Waals surface area contributed by atoms with Crippen molar-refractivity contribution in [1.82, 2.24) is 15.3 Å². The van der Waals surface area contributed by atoms with Gasteiger partial charge in [0.2, 0.25) is 0 Å². The lowest BCUT2D eigenvalue weighted by Gasteiger charge is -2.18. The number of likely N-dealkylation sites (N-methyl/N-ethyl adjacent to an activating group) is 1. The van der Waals surface area contributed by atoms with Gasteiger partial charge < -0.3 is 5.32 Å². The molecule has 1 aromatic carbocycles. The molecule has 0 spiro atoms. The minimum absolute atomic E-state index is 0.191. The highest BCUT2D eigenvalue weighted by atomic mass is 79.9. The van der Waals surface area contributed by atoms with Gasteiger partial charge >= 0.3 is 0 Å². The van der Waals surface area contributed by atoms with Crippen molar-refractivity contribution in [3.8, 4) is 0 Å². The first-order valence-corrected chi connectivity index (χ1v) is 7.25. The molecular weight excluding hydrogens is 302 g/mol. The molecule has 1 unspecified atom stereocenters. The first-order valence-electron chi connectivity index (χ1n) is 6.46. The average Bonchev–Trinajstić information content (AvgIpc) is 2.42. The molecule has 0 radical (unpaired) electrons. The van der Waals surface area contributed by atoms with Crippen LogP contribution in [0.15, 0.2) is 41.1 Å². The Hall–Kier alpha value is -1.26. The lowest BCUT2D eigenvalue weighted by atomic mass is 10.0. The quantitative estimate of drug-likeness (QED) is 0.917. The maximum Gasteiger partial charge on any atom is 0.0759 e. The van der Waals surface area contributed by atoms with Gasteiger partial charge in [0.05, 0.1) is 23.6 Å². The van der Waals surface area contributed by atoms with Crippen LogP contribution in [-0.4, -0.2) is 16.5 Å². The van der Waals surface area contributed by atoms with Crippen LogP contribution in [0.4, 0.5) is 0 Å². The van der Waals surface area contributed by atoms with E-state index in [2.05, 4.69) is 56.3 Å². The van der Waals surface area contributed by atoms with E-state index in [1.54, 1.807) is 0 Å². The molecule has 1 atom stereocenters. The van der Waals surface area contributed by atoms with Crippen LogP contribution in [0.25, 0.3) is 0 Å². The summed E-state index contributed by atoms with van der Waals surface area (Å²) in [5.74, 6) is 0. The van der Waals surface area contributed by atoms with Gasteiger partial charge in [0.1, 0.15) is 0 Å². The highest BCUT2D eigenvalue weighted by Gasteiger charge is 2.14. The van der Waals surface area contributed by atoms with Crippen molar-refractivity contribution < 1.29 is 0 Å². The Kier molecular flexibility index (Phi) is 5.05. The molecule has 2 rings (SSSR count). The molecule has 1 aromatic heterocycles. The summed E-state index contributed by atoms with van der Waals surface area (Å²) in [7, 11) is 0. The zero-order valence-electron chi connectivity index (χ0n) is 11.2. The summed E-state index contributed by atoms with van der Waals surface area (Å²) in [6, 6.07) is 8.48. The van der Waals surface area contributed by atoms with E-state index in [0.29, 0.717) is 0 Å². The number of halogens is 1.